The zero-order valence-corrected chi connectivity index (χ0v) is 10.9. The number of hydrogen-bond donors (Lipinski definition) is 2. The van der Waals surface area contributed by atoms with Gasteiger partial charge in [-0.1, -0.05) is 18.3 Å². The first-order valence-corrected chi connectivity index (χ1v) is 6.66. The molecule has 0 radical (unpaired) electrons. The Hall–Kier alpha value is -1.82. The summed E-state index contributed by atoms with van der Waals surface area (Å²) in [5.41, 5.74) is 0.845. The van der Waals surface area contributed by atoms with Crippen LogP contribution >= 0.6 is 11.3 Å². The van der Waals surface area contributed by atoms with Crippen molar-refractivity contribution < 1.29 is 4.74 Å². The predicted molar refractivity (Wildman–Crippen MR) is 72.3 cm³/mol. The van der Waals surface area contributed by atoms with E-state index in [1.165, 1.54) is 0 Å². The largest absolute Gasteiger partial charge is 0.490 e. The number of hydrogen-bond acceptors (Lipinski definition) is 5. The number of rotatable bonds is 6. The molecule has 0 amide bonds. The summed E-state index contributed by atoms with van der Waals surface area (Å²) in [6.07, 6.45) is 2.66. The normalized spacial score (nSPS) is 10.3. The Morgan fingerprint density at radius 1 is 1.56 bits per heavy atom. The van der Waals surface area contributed by atoms with Crippen molar-refractivity contribution in [1.82, 2.24) is 9.97 Å². The molecular weight excluding hydrogens is 250 g/mol. The number of aromatic nitrogens is 2. The topological polar surface area (TPSA) is 67.0 Å². The third-order valence-electron chi connectivity index (χ3n) is 2.25. The molecule has 2 aromatic heterocycles. The number of aromatic amines is 1. The fourth-order valence-electron chi connectivity index (χ4n) is 1.43. The highest BCUT2D eigenvalue weighted by molar-refractivity contribution is 7.07. The molecule has 0 aliphatic carbocycles. The monoisotopic (exact) mass is 265 g/mol. The van der Waals surface area contributed by atoms with Crippen LogP contribution in [0.4, 0.5) is 5.82 Å². The van der Waals surface area contributed by atoms with Crippen LogP contribution < -0.4 is 14.9 Å². The van der Waals surface area contributed by atoms with Crippen LogP contribution in [0.2, 0.25) is 0 Å². The lowest BCUT2D eigenvalue weighted by Crippen LogP contribution is -2.06. The van der Waals surface area contributed by atoms with Gasteiger partial charge in [0.1, 0.15) is 0 Å². The van der Waals surface area contributed by atoms with E-state index in [-0.39, 0.29) is 4.87 Å². The maximum Gasteiger partial charge on any atom is 0.304 e. The molecule has 96 valence electrons. The van der Waals surface area contributed by atoms with Gasteiger partial charge in [0, 0.05) is 17.3 Å². The van der Waals surface area contributed by atoms with Gasteiger partial charge in [-0.25, -0.2) is 4.98 Å². The second-order valence-corrected chi connectivity index (χ2v) is 4.57. The Morgan fingerprint density at radius 2 is 2.44 bits per heavy atom. The Morgan fingerprint density at radius 3 is 3.17 bits per heavy atom. The maximum atomic E-state index is 11.0. The molecule has 2 rings (SSSR count). The molecule has 0 fully saturated rings. The molecule has 0 atom stereocenters. The van der Waals surface area contributed by atoms with Crippen molar-refractivity contribution in [3.05, 3.63) is 39.1 Å². The number of ether oxygens (including phenoxy) is 1. The standard InChI is InChI=1S/C12H15N3O2S/c1-2-6-17-10-4-3-5-13-11(10)14-7-9-8-18-12(16)15-9/h3-5,8H,2,6-7H2,1H3,(H,13,14)(H,15,16). The fourth-order valence-corrected chi connectivity index (χ4v) is 2.01. The van der Waals surface area contributed by atoms with Crippen molar-refractivity contribution in [1.29, 1.82) is 0 Å². The van der Waals surface area contributed by atoms with Gasteiger partial charge < -0.3 is 15.0 Å². The molecule has 0 saturated carbocycles. The van der Waals surface area contributed by atoms with E-state index in [9.17, 15) is 4.79 Å². The van der Waals surface area contributed by atoms with Crippen LogP contribution in [0, 0.1) is 0 Å². The third kappa shape index (κ3) is 3.33. The third-order valence-corrected chi connectivity index (χ3v) is 2.97. The van der Waals surface area contributed by atoms with E-state index < -0.39 is 0 Å². The second-order valence-electron chi connectivity index (χ2n) is 3.73. The number of thiazole rings is 1. The van der Waals surface area contributed by atoms with Crippen molar-refractivity contribution in [2.45, 2.75) is 19.9 Å². The summed E-state index contributed by atoms with van der Waals surface area (Å²) in [5.74, 6) is 1.43. The quantitative estimate of drug-likeness (QED) is 0.840. The van der Waals surface area contributed by atoms with Crippen molar-refractivity contribution in [3.8, 4) is 5.75 Å². The SMILES string of the molecule is CCCOc1cccnc1NCc1csc(=O)[nH]1. The number of anilines is 1. The minimum absolute atomic E-state index is 0.0460. The summed E-state index contributed by atoms with van der Waals surface area (Å²) >= 11 is 1.15. The summed E-state index contributed by atoms with van der Waals surface area (Å²) < 4.78 is 5.59. The Bertz CT molecular complexity index is 550. The average molecular weight is 265 g/mol. The molecule has 18 heavy (non-hydrogen) atoms. The van der Waals surface area contributed by atoms with Gasteiger partial charge in [-0.15, -0.1) is 0 Å². The molecule has 2 aromatic rings. The second kappa shape index (κ2) is 6.20. The number of nitrogens with zero attached hydrogens (tertiary/aromatic N) is 1. The molecule has 2 heterocycles. The highest BCUT2D eigenvalue weighted by Crippen LogP contribution is 2.21. The minimum atomic E-state index is -0.0460. The van der Waals surface area contributed by atoms with Gasteiger partial charge in [-0.3, -0.25) is 4.79 Å². The van der Waals surface area contributed by atoms with Crippen LogP contribution in [-0.2, 0) is 6.54 Å². The van der Waals surface area contributed by atoms with Gasteiger partial charge in [0.25, 0.3) is 0 Å². The van der Waals surface area contributed by atoms with Crippen LogP contribution in [0.25, 0.3) is 0 Å². The molecule has 0 bridgehead atoms. The van der Waals surface area contributed by atoms with Gasteiger partial charge in [-0.05, 0) is 18.6 Å². The molecule has 0 aromatic carbocycles. The molecular formula is C12H15N3O2S. The van der Waals surface area contributed by atoms with Gasteiger partial charge >= 0.3 is 4.87 Å². The van der Waals surface area contributed by atoms with Crippen molar-refractivity contribution >= 4 is 17.2 Å². The molecule has 6 heteroatoms. The molecule has 0 spiro atoms. The minimum Gasteiger partial charge on any atom is -0.490 e. The first-order chi connectivity index (χ1) is 8.79. The molecule has 5 nitrogen and oxygen atoms in total. The summed E-state index contributed by atoms with van der Waals surface area (Å²) in [7, 11) is 0. The highest BCUT2D eigenvalue weighted by Gasteiger charge is 2.04. The molecule has 0 saturated heterocycles. The number of pyridine rings is 1. The summed E-state index contributed by atoms with van der Waals surface area (Å²) in [4.78, 5) is 17.9. The number of nitrogens with one attached hydrogen (secondary N) is 2. The first kappa shape index (κ1) is 12.6. The Balaban J connectivity index is 2.01. The predicted octanol–water partition coefficient (Wildman–Crippen LogP) is 2.23. The molecule has 0 aliphatic heterocycles. The van der Waals surface area contributed by atoms with Gasteiger partial charge in [0.2, 0.25) is 0 Å². The van der Waals surface area contributed by atoms with Crippen LogP contribution in [0.15, 0.2) is 28.5 Å². The lowest BCUT2D eigenvalue weighted by Gasteiger charge is -2.10. The smallest absolute Gasteiger partial charge is 0.304 e. The maximum absolute atomic E-state index is 11.0. The van der Waals surface area contributed by atoms with Crippen molar-refractivity contribution in [2.24, 2.45) is 0 Å². The van der Waals surface area contributed by atoms with E-state index in [1.54, 1.807) is 11.6 Å². The first-order valence-electron chi connectivity index (χ1n) is 5.78. The van der Waals surface area contributed by atoms with Crippen LogP contribution in [0.3, 0.4) is 0 Å². The van der Waals surface area contributed by atoms with Crippen LogP contribution in [0.1, 0.15) is 19.0 Å². The Labute approximate surface area is 109 Å². The highest BCUT2D eigenvalue weighted by atomic mass is 32.1. The molecule has 2 N–H and O–H groups in total. The molecule has 0 aliphatic rings. The summed E-state index contributed by atoms with van der Waals surface area (Å²) in [6, 6.07) is 3.71. The lowest BCUT2D eigenvalue weighted by molar-refractivity contribution is 0.318. The number of H-pyrrole nitrogens is 1. The summed E-state index contributed by atoms with van der Waals surface area (Å²) in [5, 5.41) is 4.95. The summed E-state index contributed by atoms with van der Waals surface area (Å²) in [6.45, 7) is 3.24. The average Bonchev–Trinajstić information content (AvgIpc) is 2.81. The fraction of sp³-hybridized carbons (Fsp3) is 0.333. The van der Waals surface area contributed by atoms with E-state index in [4.69, 9.17) is 4.74 Å². The van der Waals surface area contributed by atoms with Crippen molar-refractivity contribution in [3.63, 3.8) is 0 Å². The zero-order valence-electron chi connectivity index (χ0n) is 10.1. The van der Waals surface area contributed by atoms with Crippen LogP contribution in [-0.4, -0.2) is 16.6 Å². The van der Waals surface area contributed by atoms with E-state index in [1.807, 2.05) is 12.1 Å². The van der Waals surface area contributed by atoms with Gasteiger partial charge in [0.15, 0.2) is 11.6 Å². The lowest BCUT2D eigenvalue weighted by atomic mass is 10.4. The Kier molecular flexibility index (Phi) is 4.35. The van der Waals surface area contributed by atoms with E-state index in [0.29, 0.717) is 19.0 Å². The van der Waals surface area contributed by atoms with E-state index in [0.717, 1.165) is 29.2 Å². The van der Waals surface area contributed by atoms with E-state index >= 15 is 0 Å². The zero-order chi connectivity index (χ0) is 12.8. The van der Waals surface area contributed by atoms with Gasteiger partial charge in [-0.2, -0.15) is 0 Å². The molecule has 0 unspecified atom stereocenters. The van der Waals surface area contributed by atoms with E-state index in [2.05, 4.69) is 22.2 Å². The van der Waals surface area contributed by atoms with Crippen LogP contribution in [0.5, 0.6) is 5.75 Å². The van der Waals surface area contributed by atoms with Crippen molar-refractivity contribution in [2.75, 3.05) is 11.9 Å². The van der Waals surface area contributed by atoms with Gasteiger partial charge in [0.05, 0.1) is 13.2 Å².